The van der Waals surface area contributed by atoms with E-state index < -0.39 is 0 Å². The number of nitrogens with zero attached hydrogens (tertiary/aromatic N) is 6. The highest BCUT2D eigenvalue weighted by atomic mass is 35.5. The molecule has 1 aliphatic rings. The van der Waals surface area contributed by atoms with Gasteiger partial charge in [0.15, 0.2) is 0 Å². The van der Waals surface area contributed by atoms with Gasteiger partial charge in [-0.1, -0.05) is 29.8 Å². The maximum Gasteiger partial charge on any atom is 0.292 e. The molecule has 4 rings (SSSR count). The van der Waals surface area contributed by atoms with Crippen molar-refractivity contribution >= 4 is 28.9 Å². The molecule has 1 aromatic carbocycles. The standard InChI is InChI=1S/C23H28ClN7O2/c1-15-21(16(2)28(4)27-15)26-22(32)17(3)29-10-12-30(13-11-29)19-14-25-31(23(33)20(19)24)18-8-6-5-7-9-18/h5-9,14,17H,10-13H2,1-4H3,(H,26,32). The van der Waals surface area contributed by atoms with E-state index in [0.29, 0.717) is 37.6 Å². The van der Waals surface area contributed by atoms with Gasteiger partial charge in [-0.3, -0.25) is 19.2 Å². The van der Waals surface area contributed by atoms with Crippen molar-refractivity contribution in [2.45, 2.75) is 26.8 Å². The monoisotopic (exact) mass is 469 g/mol. The maximum atomic E-state index is 12.9. The summed E-state index contributed by atoms with van der Waals surface area (Å²) in [5.74, 6) is -0.0622. The van der Waals surface area contributed by atoms with Crippen LogP contribution in [0.1, 0.15) is 18.3 Å². The van der Waals surface area contributed by atoms with Crippen LogP contribution in [-0.2, 0) is 11.8 Å². The molecule has 0 radical (unpaired) electrons. The first-order valence-corrected chi connectivity index (χ1v) is 11.3. The number of aryl methyl sites for hydroxylation is 2. The third-order valence-electron chi connectivity index (χ3n) is 6.24. The summed E-state index contributed by atoms with van der Waals surface area (Å²) in [4.78, 5) is 29.8. The molecule has 1 N–H and O–H groups in total. The van der Waals surface area contributed by atoms with E-state index in [0.717, 1.165) is 17.1 Å². The summed E-state index contributed by atoms with van der Waals surface area (Å²) in [6.45, 7) is 8.33. The SMILES string of the molecule is Cc1nn(C)c(C)c1NC(=O)C(C)N1CCN(c2cnn(-c3ccccc3)c(=O)c2Cl)CC1. The molecule has 1 fully saturated rings. The van der Waals surface area contributed by atoms with Crippen LogP contribution in [0.25, 0.3) is 5.69 Å². The van der Waals surface area contributed by atoms with Gasteiger partial charge in [-0.2, -0.15) is 14.9 Å². The van der Waals surface area contributed by atoms with Gasteiger partial charge in [-0.05, 0) is 32.9 Å². The highest BCUT2D eigenvalue weighted by Crippen LogP contribution is 2.24. The van der Waals surface area contributed by atoms with Crippen molar-refractivity contribution in [2.75, 3.05) is 36.4 Å². The molecule has 3 heterocycles. The zero-order valence-corrected chi connectivity index (χ0v) is 20.0. The van der Waals surface area contributed by atoms with E-state index in [1.165, 1.54) is 4.68 Å². The second kappa shape index (κ2) is 9.36. The summed E-state index contributed by atoms with van der Waals surface area (Å²) in [6.07, 6.45) is 1.64. The predicted octanol–water partition coefficient (Wildman–Crippen LogP) is 2.39. The molecule has 1 unspecified atom stereocenters. The van der Waals surface area contributed by atoms with Crippen molar-refractivity contribution in [1.82, 2.24) is 24.5 Å². The normalized spacial score (nSPS) is 15.5. The summed E-state index contributed by atoms with van der Waals surface area (Å²) < 4.78 is 3.06. The van der Waals surface area contributed by atoms with E-state index in [2.05, 4.69) is 20.4 Å². The first-order valence-electron chi connectivity index (χ1n) is 10.9. The average molecular weight is 470 g/mol. The Labute approximate surface area is 197 Å². The van der Waals surface area contributed by atoms with Gasteiger partial charge in [0, 0.05) is 33.2 Å². The number of hydrogen-bond acceptors (Lipinski definition) is 6. The largest absolute Gasteiger partial charge is 0.366 e. The lowest BCUT2D eigenvalue weighted by atomic mass is 10.2. The Balaban J connectivity index is 1.42. The molecule has 0 bridgehead atoms. The van der Waals surface area contributed by atoms with E-state index in [9.17, 15) is 9.59 Å². The minimum atomic E-state index is -0.349. The lowest BCUT2D eigenvalue weighted by Crippen LogP contribution is -2.53. The number of para-hydroxylation sites is 1. The van der Waals surface area contributed by atoms with E-state index in [-0.39, 0.29) is 22.5 Å². The van der Waals surface area contributed by atoms with E-state index in [4.69, 9.17) is 11.6 Å². The lowest BCUT2D eigenvalue weighted by Gasteiger charge is -2.38. The van der Waals surface area contributed by atoms with Crippen LogP contribution >= 0.6 is 11.6 Å². The number of amides is 1. The second-order valence-electron chi connectivity index (χ2n) is 8.25. The van der Waals surface area contributed by atoms with Gasteiger partial charge in [0.1, 0.15) is 5.02 Å². The number of benzene rings is 1. The number of carbonyl (C=O) groups is 1. The van der Waals surface area contributed by atoms with Crippen molar-refractivity contribution in [2.24, 2.45) is 7.05 Å². The molecule has 1 aliphatic heterocycles. The van der Waals surface area contributed by atoms with Crippen molar-refractivity contribution in [3.63, 3.8) is 0 Å². The topological polar surface area (TPSA) is 88.3 Å². The van der Waals surface area contributed by atoms with Crippen LogP contribution in [0.2, 0.25) is 5.02 Å². The molecule has 0 aliphatic carbocycles. The molecule has 1 saturated heterocycles. The number of hydrogen-bond donors (Lipinski definition) is 1. The van der Waals surface area contributed by atoms with Gasteiger partial charge < -0.3 is 10.2 Å². The fourth-order valence-electron chi connectivity index (χ4n) is 4.10. The smallest absolute Gasteiger partial charge is 0.292 e. The molecule has 0 saturated carbocycles. The summed E-state index contributed by atoms with van der Waals surface area (Å²) in [5, 5.41) is 11.9. The molecular weight excluding hydrogens is 442 g/mol. The number of carbonyl (C=O) groups excluding carboxylic acids is 1. The molecular formula is C23H28ClN7O2. The Morgan fingerprint density at radius 2 is 1.79 bits per heavy atom. The quantitative estimate of drug-likeness (QED) is 0.617. The van der Waals surface area contributed by atoms with E-state index in [1.54, 1.807) is 10.9 Å². The Morgan fingerprint density at radius 3 is 2.39 bits per heavy atom. The molecule has 33 heavy (non-hydrogen) atoms. The molecule has 10 heteroatoms. The van der Waals surface area contributed by atoms with E-state index in [1.807, 2.05) is 63.1 Å². The molecule has 9 nitrogen and oxygen atoms in total. The molecule has 174 valence electrons. The fourth-order valence-corrected chi connectivity index (χ4v) is 4.34. The fraction of sp³-hybridized carbons (Fsp3) is 0.391. The molecule has 2 aromatic heterocycles. The van der Waals surface area contributed by atoms with Crippen molar-refractivity contribution in [1.29, 1.82) is 0 Å². The van der Waals surface area contributed by atoms with Crippen LogP contribution in [0.3, 0.4) is 0 Å². The number of anilines is 2. The predicted molar refractivity (Wildman–Crippen MR) is 129 cm³/mol. The van der Waals surface area contributed by atoms with Gasteiger partial charge in [-0.25, -0.2) is 0 Å². The summed E-state index contributed by atoms with van der Waals surface area (Å²) in [6, 6.07) is 8.89. The van der Waals surface area contributed by atoms with Crippen LogP contribution in [0.4, 0.5) is 11.4 Å². The van der Waals surface area contributed by atoms with Gasteiger partial charge >= 0.3 is 0 Å². The van der Waals surface area contributed by atoms with Crippen LogP contribution < -0.4 is 15.8 Å². The van der Waals surface area contributed by atoms with Gasteiger partial charge in [0.2, 0.25) is 5.91 Å². The Morgan fingerprint density at radius 1 is 1.12 bits per heavy atom. The van der Waals surface area contributed by atoms with Crippen molar-refractivity contribution in [3.8, 4) is 5.69 Å². The van der Waals surface area contributed by atoms with E-state index >= 15 is 0 Å². The molecule has 1 atom stereocenters. The van der Waals surface area contributed by atoms with Crippen LogP contribution in [0.15, 0.2) is 41.3 Å². The second-order valence-corrected chi connectivity index (χ2v) is 8.63. The number of aromatic nitrogens is 4. The van der Waals surface area contributed by atoms with Crippen LogP contribution in [-0.4, -0.2) is 62.6 Å². The average Bonchev–Trinajstić information content (AvgIpc) is 3.07. The van der Waals surface area contributed by atoms with Gasteiger partial charge in [0.25, 0.3) is 5.56 Å². The molecule has 1 amide bonds. The minimum Gasteiger partial charge on any atom is -0.366 e. The number of nitrogens with one attached hydrogen (secondary N) is 1. The third-order valence-corrected chi connectivity index (χ3v) is 6.60. The first kappa shape index (κ1) is 23.0. The highest BCUT2D eigenvalue weighted by Gasteiger charge is 2.28. The molecule has 3 aromatic rings. The number of rotatable bonds is 5. The Kier molecular flexibility index (Phi) is 6.53. The summed E-state index contributed by atoms with van der Waals surface area (Å²) in [7, 11) is 1.86. The Bertz CT molecular complexity index is 1210. The number of piperazine rings is 1. The Hall–Kier alpha value is -3.17. The third kappa shape index (κ3) is 4.51. The molecule has 0 spiro atoms. The zero-order valence-electron chi connectivity index (χ0n) is 19.2. The lowest BCUT2D eigenvalue weighted by molar-refractivity contribution is -0.120. The van der Waals surface area contributed by atoms with Crippen LogP contribution in [0, 0.1) is 13.8 Å². The summed E-state index contributed by atoms with van der Waals surface area (Å²) >= 11 is 6.45. The van der Waals surface area contributed by atoms with Crippen LogP contribution in [0.5, 0.6) is 0 Å². The van der Waals surface area contributed by atoms with Crippen molar-refractivity contribution in [3.05, 3.63) is 63.3 Å². The summed E-state index contributed by atoms with van der Waals surface area (Å²) in [5.41, 5.74) is 3.42. The maximum absolute atomic E-state index is 12.9. The minimum absolute atomic E-state index is 0.0622. The first-order chi connectivity index (χ1) is 15.8. The highest BCUT2D eigenvalue weighted by molar-refractivity contribution is 6.33. The van der Waals surface area contributed by atoms with Gasteiger partial charge in [-0.15, -0.1) is 0 Å². The zero-order chi connectivity index (χ0) is 23.7. The van der Waals surface area contributed by atoms with Crippen molar-refractivity contribution < 1.29 is 4.79 Å². The van der Waals surface area contributed by atoms with Gasteiger partial charge in [0.05, 0.1) is 40.7 Å². The number of halogens is 1.